The number of nitrogens with one attached hydrogen (secondary N) is 1. The van der Waals surface area contributed by atoms with Crippen molar-refractivity contribution < 1.29 is 0 Å². The van der Waals surface area contributed by atoms with Crippen molar-refractivity contribution in [3.05, 3.63) is 54.5 Å². The maximum atomic E-state index is 5.78. The van der Waals surface area contributed by atoms with Gasteiger partial charge in [-0.05, 0) is 30.2 Å². The van der Waals surface area contributed by atoms with Gasteiger partial charge in [0.05, 0.1) is 11.9 Å². The van der Waals surface area contributed by atoms with Crippen LogP contribution >= 0.6 is 0 Å². The maximum Gasteiger partial charge on any atom is 0.106 e. The first-order chi connectivity index (χ1) is 9.72. The Morgan fingerprint density at radius 1 is 1.15 bits per heavy atom. The molecule has 3 rings (SSSR count). The van der Waals surface area contributed by atoms with Crippen molar-refractivity contribution in [2.24, 2.45) is 5.73 Å². The van der Waals surface area contributed by atoms with Crippen LogP contribution in [0.1, 0.15) is 19.2 Å². The Bertz CT molecular complexity index is 713. The van der Waals surface area contributed by atoms with E-state index in [-0.39, 0.29) is 6.04 Å². The zero-order chi connectivity index (χ0) is 13.9. The highest BCUT2D eigenvalue weighted by atomic mass is 14.9. The van der Waals surface area contributed by atoms with Crippen LogP contribution in [0, 0.1) is 0 Å². The smallest absolute Gasteiger partial charge is 0.106 e. The van der Waals surface area contributed by atoms with Crippen molar-refractivity contribution in [2.75, 3.05) is 0 Å². The summed E-state index contributed by atoms with van der Waals surface area (Å²) in [5.74, 6) is 1.01. The molecule has 3 N–H and O–H groups in total. The number of imidazole rings is 1. The van der Waals surface area contributed by atoms with E-state index in [9.17, 15) is 0 Å². The van der Waals surface area contributed by atoms with Gasteiger partial charge in [0.25, 0.3) is 0 Å². The van der Waals surface area contributed by atoms with Crippen LogP contribution in [0.15, 0.2) is 48.7 Å². The molecule has 1 heterocycles. The van der Waals surface area contributed by atoms with Gasteiger partial charge in [-0.2, -0.15) is 0 Å². The van der Waals surface area contributed by atoms with Crippen LogP contribution in [-0.4, -0.2) is 16.0 Å². The molecule has 1 aromatic heterocycles. The van der Waals surface area contributed by atoms with Crippen molar-refractivity contribution >= 4 is 10.8 Å². The topological polar surface area (TPSA) is 54.7 Å². The van der Waals surface area contributed by atoms with Gasteiger partial charge in [0.15, 0.2) is 0 Å². The fourth-order valence-electron chi connectivity index (χ4n) is 2.36. The molecule has 102 valence electrons. The predicted molar refractivity (Wildman–Crippen MR) is 83.5 cm³/mol. The van der Waals surface area contributed by atoms with Crippen LogP contribution in [-0.2, 0) is 6.42 Å². The van der Waals surface area contributed by atoms with Crippen molar-refractivity contribution in [1.29, 1.82) is 0 Å². The SMILES string of the molecule is CC(N)CCc1ncc(-c2ccc3ccccc3c2)[nH]1. The number of aromatic nitrogens is 2. The zero-order valence-corrected chi connectivity index (χ0v) is 11.6. The molecule has 0 fully saturated rings. The summed E-state index contributed by atoms with van der Waals surface area (Å²) in [5, 5.41) is 2.50. The minimum absolute atomic E-state index is 0.212. The van der Waals surface area contributed by atoms with Crippen molar-refractivity contribution in [2.45, 2.75) is 25.8 Å². The Hall–Kier alpha value is -2.13. The molecule has 20 heavy (non-hydrogen) atoms. The molecule has 0 amide bonds. The molecule has 1 atom stereocenters. The minimum atomic E-state index is 0.212. The number of H-pyrrole nitrogens is 1. The van der Waals surface area contributed by atoms with Crippen LogP contribution in [0.3, 0.4) is 0 Å². The van der Waals surface area contributed by atoms with Crippen LogP contribution in [0.2, 0.25) is 0 Å². The second kappa shape index (κ2) is 5.47. The van der Waals surface area contributed by atoms with E-state index < -0.39 is 0 Å². The molecule has 3 heteroatoms. The molecule has 0 saturated heterocycles. The number of benzene rings is 2. The van der Waals surface area contributed by atoms with Gasteiger partial charge in [-0.15, -0.1) is 0 Å². The van der Waals surface area contributed by atoms with Gasteiger partial charge in [0.2, 0.25) is 0 Å². The first-order valence-corrected chi connectivity index (χ1v) is 7.01. The number of nitrogens with two attached hydrogens (primary N) is 1. The third-order valence-corrected chi connectivity index (χ3v) is 3.53. The standard InChI is InChI=1S/C17H19N3/c1-12(18)6-9-17-19-11-16(20-17)15-8-7-13-4-2-3-5-14(13)10-15/h2-5,7-8,10-12H,6,9,18H2,1H3,(H,19,20). The second-order valence-electron chi connectivity index (χ2n) is 5.32. The molecule has 1 unspecified atom stereocenters. The largest absolute Gasteiger partial charge is 0.342 e. The monoisotopic (exact) mass is 265 g/mol. The lowest BCUT2D eigenvalue weighted by Gasteiger charge is -2.03. The highest BCUT2D eigenvalue weighted by molar-refractivity contribution is 5.86. The normalized spacial score (nSPS) is 12.7. The van der Waals surface area contributed by atoms with E-state index in [1.54, 1.807) is 0 Å². The van der Waals surface area contributed by atoms with Crippen LogP contribution in [0.25, 0.3) is 22.0 Å². The first kappa shape index (κ1) is 12.9. The number of aromatic amines is 1. The van der Waals surface area contributed by atoms with Gasteiger partial charge in [-0.25, -0.2) is 4.98 Å². The number of aryl methyl sites for hydroxylation is 1. The molecule has 0 aliphatic carbocycles. The highest BCUT2D eigenvalue weighted by Crippen LogP contribution is 2.23. The van der Waals surface area contributed by atoms with Gasteiger partial charge >= 0.3 is 0 Å². The number of hydrogen-bond acceptors (Lipinski definition) is 2. The van der Waals surface area contributed by atoms with E-state index in [0.717, 1.165) is 24.4 Å². The summed E-state index contributed by atoms with van der Waals surface area (Å²) in [6.45, 7) is 2.02. The summed E-state index contributed by atoms with van der Waals surface area (Å²) in [5.41, 5.74) is 8.01. The zero-order valence-electron chi connectivity index (χ0n) is 11.6. The Labute approximate surface area is 118 Å². The molecular weight excluding hydrogens is 246 g/mol. The Morgan fingerprint density at radius 2 is 1.95 bits per heavy atom. The van der Waals surface area contributed by atoms with Crippen LogP contribution in [0.4, 0.5) is 0 Å². The molecular formula is C17H19N3. The average Bonchev–Trinajstić information content (AvgIpc) is 2.93. The van der Waals surface area contributed by atoms with Crippen LogP contribution in [0.5, 0.6) is 0 Å². The number of hydrogen-bond donors (Lipinski definition) is 2. The predicted octanol–water partition coefficient (Wildman–Crippen LogP) is 3.51. The van der Waals surface area contributed by atoms with Crippen molar-refractivity contribution in [3.63, 3.8) is 0 Å². The fraction of sp³-hybridized carbons (Fsp3) is 0.235. The minimum Gasteiger partial charge on any atom is -0.342 e. The Kier molecular flexibility index (Phi) is 3.52. The summed E-state index contributed by atoms with van der Waals surface area (Å²) in [6, 6.07) is 15.1. The lowest BCUT2D eigenvalue weighted by molar-refractivity contribution is 0.652. The van der Waals surface area contributed by atoms with Crippen LogP contribution < -0.4 is 5.73 Å². The van der Waals surface area contributed by atoms with E-state index in [1.165, 1.54) is 16.3 Å². The van der Waals surface area contributed by atoms with E-state index in [1.807, 2.05) is 13.1 Å². The highest BCUT2D eigenvalue weighted by Gasteiger charge is 2.05. The van der Waals surface area contributed by atoms with Gasteiger partial charge in [0, 0.05) is 18.0 Å². The maximum absolute atomic E-state index is 5.78. The van der Waals surface area contributed by atoms with Crippen molar-refractivity contribution in [3.8, 4) is 11.3 Å². The molecule has 3 aromatic rings. The summed E-state index contributed by atoms with van der Waals surface area (Å²) < 4.78 is 0. The van der Waals surface area contributed by atoms with E-state index >= 15 is 0 Å². The molecule has 0 aliphatic rings. The quantitative estimate of drug-likeness (QED) is 0.758. The molecule has 0 saturated carbocycles. The summed E-state index contributed by atoms with van der Waals surface area (Å²) in [7, 11) is 0. The lowest BCUT2D eigenvalue weighted by atomic mass is 10.1. The molecule has 0 radical (unpaired) electrons. The third-order valence-electron chi connectivity index (χ3n) is 3.53. The summed E-state index contributed by atoms with van der Waals surface area (Å²) in [4.78, 5) is 7.82. The Morgan fingerprint density at radius 3 is 2.75 bits per heavy atom. The van der Waals surface area contributed by atoms with Gasteiger partial charge in [-0.3, -0.25) is 0 Å². The number of nitrogens with zero attached hydrogens (tertiary/aromatic N) is 1. The molecule has 0 bridgehead atoms. The van der Waals surface area contributed by atoms with Gasteiger partial charge in [0.1, 0.15) is 5.82 Å². The summed E-state index contributed by atoms with van der Waals surface area (Å²) >= 11 is 0. The fourth-order valence-corrected chi connectivity index (χ4v) is 2.36. The average molecular weight is 265 g/mol. The van der Waals surface area contributed by atoms with Gasteiger partial charge < -0.3 is 10.7 Å². The molecule has 0 spiro atoms. The van der Waals surface area contributed by atoms with E-state index in [0.29, 0.717) is 0 Å². The second-order valence-corrected chi connectivity index (χ2v) is 5.32. The van der Waals surface area contributed by atoms with E-state index in [2.05, 4.69) is 52.4 Å². The first-order valence-electron chi connectivity index (χ1n) is 7.01. The molecule has 0 aliphatic heterocycles. The number of fused-ring (bicyclic) bond motifs is 1. The Balaban J connectivity index is 1.87. The number of rotatable bonds is 4. The lowest BCUT2D eigenvalue weighted by Crippen LogP contribution is -2.15. The van der Waals surface area contributed by atoms with E-state index in [4.69, 9.17) is 5.73 Å². The van der Waals surface area contributed by atoms with Gasteiger partial charge in [-0.1, -0.05) is 36.4 Å². The van der Waals surface area contributed by atoms with Crippen molar-refractivity contribution in [1.82, 2.24) is 9.97 Å². The summed E-state index contributed by atoms with van der Waals surface area (Å²) in [6.07, 6.45) is 3.75. The molecule has 2 aromatic carbocycles. The molecule has 3 nitrogen and oxygen atoms in total. The third kappa shape index (κ3) is 2.73.